The molecule has 0 atom stereocenters. The number of carbonyl (C=O) groups is 2. The summed E-state index contributed by atoms with van der Waals surface area (Å²) in [6, 6.07) is 6.76. The molecule has 0 bridgehead atoms. The summed E-state index contributed by atoms with van der Waals surface area (Å²) in [5.74, 6) is -0.386. The minimum Gasteiger partial charge on any atom is -0.465 e. The number of rotatable bonds is 4. The lowest BCUT2D eigenvalue weighted by atomic mass is 10.2. The van der Waals surface area contributed by atoms with Gasteiger partial charge in [-0.15, -0.1) is 0 Å². The molecule has 0 heterocycles. The number of benzene rings is 1. The first-order chi connectivity index (χ1) is 8.04. The molecule has 0 spiro atoms. The predicted octanol–water partition coefficient (Wildman–Crippen LogP) is 0.973. The van der Waals surface area contributed by atoms with Crippen LogP contribution in [0.15, 0.2) is 24.3 Å². The van der Waals surface area contributed by atoms with Gasteiger partial charge < -0.3 is 15.0 Å². The summed E-state index contributed by atoms with van der Waals surface area (Å²) in [7, 11) is 4.74. The lowest BCUT2D eigenvalue weighted by Gasteiger charge is -2.11. The van der Waals surface area contributed by atoms with Crippen molar-refractivity contribution in [2.45, 2.75) is 0 Å². The largest absolute Gasteiger partial charge is 0.465 e. The number of carbonyl (C=O) groups excluding carboxylic acids is 2. The average molecular weight is 236 g/mol. The Morgan fingerprint density at radius 3 is 2.29 bits per heavy atom. The van der Waals surface area contributed by atoms with Crippen LogP contribution in [-0.4, -0.2) is 44.5 Å². The van der Waals surface area contributed by atoms with E-state index in [-0.39, 0.29) is 18.4 Å². The molecule has 0 aromatic heterocycles. The SMILES string of the molecule is COC(=O)c1ccc(NCC(=O)N(C)C)cc1. The Balaban J connectivity index is 2.57. The Bertz CT molecular complexity index is 399. The second-order valence-corrected chi connectivity index (χ2v) is 3.71. The van der Waals surface area contributed by atoms with E-state index in [2.05, 4.69) is 10.1 Å². The average Bonchev–Trinajstić information content (AvgIpc) is 2.35. The smallest absolute Gasteiger partial charge is 0.337 e. The number of likely N-dealkylation sites (N-methyl/N-ethyl adjacent to an activating group) is 1. The molecule has 5 nitrogen and oxygen atoms in total. The van der Waals surface area contributed by atoms with Gasteiger partial charge >= 0.3 is 5.97 Å². The van der Waals surface area contributed by atoms with Gasteiger partial charge in [-0.25, -0.2) is 4.79 Å². The third-order valence-corrected chi connectivity index (χ3v) is 2.25. The normalized spacial score (nSPS) is 9.59. The highest BCUT2D eigenvalue weighted by molar-refractivity contribution is 5.89. The van der Waals surface area contributed by atoms with Gasteiger partial charge in [0.2, 0.25) is 5.91 Å². The lowest BCUT2D eigenvalue weighted by molar-refractivity contribution is -0.126. The number of anilines is 1. The van der Waals surface area contributed by atoms with Crippen LogP contribution in [0, 0.1) is 0 Å². The minimum atomic E-state index is -0.374. The first kappa shape index (κ1) is 13.0. The van der Waals surface area contributed by atoms with Gasteiger partial charge in [0.1, 0.15) is 0 Å². The number of nitrogens with zero attached hydrogens (tertiary/aromatic N) is 1. The fourth-order valence-corrected chi connectivity index (χ4v) is 1.18. The molecule has 0 saturated carbocycles. The third kappa shape index (κ3) is 3.79. The molecule has 5 heteroatoms. The number of hydrogen-bond acceptors (Lipinski definition) is 4. The van der Waals surface area contributed by atoms with Gasteiger partial charge in [-0.2, -0.15) is 0 Å². The van der Waals surface area contributed by atoms with E-state index in [0.717, 1.165) is 5.69 Å². The molecule has 0 saturated heterocycles. The van der Waals surface area contributed by atoms with Crippen molar-refractivity contribution in [1.82, 2.24) is 4.90 Å². The van der Waals surface area contributed by atoms with Crippen molar-refractivity contribution in [2.24, 2.45) is 0 Å². The molecule has 0 radical (unpaired) electrons. The molecular weight excluding hydrogens is 220 g/mol. The Labute approximate surface area is 100 Å². The number of hydrogen-bond donors (Lipinski definition) is 1. The van der Waals surface area contributed by atoms with Crippen molar-refractivity contribution in [1.29, 1.82) is 0 Å². The van der Waals surface area contributed by atoms with Crippen LogP contribution >= 0.6 is 0 Å². The quantitative estimate of drug-likeness (QED) is 0.791. The zero-order valence-electron chi connectivity index (χ0n) is 10.2. The van der Waals surface area contributed by atoms with Crippen LogP contribution in [-0.2, 0) is 9.53 Å². The summed E-state index contributed by atoms with van der Waals surface area (Å²) in [4.78, 5) is 24.0. The van der Waals surface area contributed by atoms with Gasteiger partial charge in [0.05, 0.1) is 19.2 Å². The first-order valence-electron chi connectivity index (χ1n) is 5.17. The minimum absolute atomic E-state index is 0.0120. The summed E-state index contributed by atoms with van der Waals surface area (Å²) < 4.78 is 4.59. The van der Waals surface area contributed by atoms with Gasteiger partial charge in [-0.1, -0.05) is 0 Å². The number of amides is 1. The molecule has 1 N–H and O–H groups in total. The third-order valence-electron chi connectivity index (χ3n) is 2.25. The zero-order valence-corrected chi connectivity index (χ0v) is 10.2. The van der Waals surface area contributed by atoms with E-state index in [9.17, 15) is 9.59 Å². The van der Waals surface area contributed by atoms with Crippen molar-refractivity contribution in [2.75, 3.05) is 33.1 Å². The van der Waals surface area contributed by atoms with Crippen molar-refractivity contribution >= 4 is 17.6 Å². The Hall–Kier alpha value is -2.04. The van der Waals surface area contributed by atoms with Crippen molar-refractivity contribution in [3.05, 3.63) is 29.8 Å². The topological polar surface area (TPSA) is 58.6 Å². The van der Waals surface area contributed by atoms with Crippen LogP contribution in [0.3, 0.4) is 0 Å². The molecule has 0 aliphatic rings. The molecule has 17 heavy (non-hydrogen) atoms. The molecule has 0 aliphatic carbocycles. The molecule has 0 aliphatic heterocycles. The van der Waals surface area contributed by atoms with Crippen LogP contribution in [0.25, 0.3) is 0 Å². The monoisotopic (exact) mass is 236 g/mol. The van der Waals surface area contributed by atoms with Gasteiger partial charge in [-0.05, 0) is 24.3 Å². The highest BCUT2D eigenvalue weighted by atomic mass is 16.5. The molecule has 1 aromatic rings. The number of esters is 1. The summed E-state index contributed by atoms with van der Waals surface area (Å²) in [5.41, 5.74) is 1.27. The number of methoxy groups -OCH3 is 1. The Morgan fingerprint density at radius 2 is 1.82 bits per heavy atom. The maximum absolute atomic E-state index is 11.3. The summed E-state index contributed by atoms with van der Waals surface area (Å²) in [6.45, 7) is 0.227. The van der Waals surface area contributed by atoms with Gasteiger partial charge in [0, 0.05) is 19.8 Å². The number of ether oxygens (including phenoxy) is 1. The summed E-state index contributed by atoms with van der Waals surface area (Å²) in [6.07, 6.45) is 0. The Morgan fingerprint density at radius 1 is 1.24 bits per heavy atom. The Kier molecular flexibility index (Phi) is 4.51. The van der Waals surface area contributed by atoms with Crippen molar-refractivity contribution in [3.8, 4) is 0 Å². The summed E-state index contributed by atoms with van der Waals surface area (Å²) >= 11 is 0. The van der Waals surface area contributed by atoms with Crippen LogP contribution < -0.4 is 5.32 Å². The molecule has 1 aromatic carbocycles. The van der Waals surface area contributed by atoms with E-state index in [1.54, 1.807) is 38.4 Å². The highest BCUT2D eigenvalue weighted by Gasteiger charge is 2.05. The van der Waals surface area contributed by atoms with E-state index >= 15 is 0 Å². The van der Waals surface area contributed by atoms with Gasteiger partial charge in [0.25, 0.3) is 0 Å². The van der Waals surface area contributed by atoms with E-state index in [4.69, 9.17) is 0 Å². The summed E-state index contributed by atoms with van der Waals surface area (Å²) in [5, 5.41) is 2.97. The van der Waals surface area contributed by atoms with Crippen LogP contribution in [0.5, 0.6) is 0 Å². The van der Waals surface area contributed by atoms with Crippen LogP contribution in [0.4, 0.5) is 5.69 Å². The van der Waals surface area contributed by atoms with E-state index < -0.39 is 0 Å². The van der Waals surface area contributed by atoms with Crippen LogP contribution in [0.2, 0.25) is 0 Å². The molecule has 0 fully saturated rings. The van der Waals surface area contributed by atoms with Crippen molar-refractivity contribution < 1.29 is 14.3 Å². The van der Waals surface area contributed by atoms with Gasteiger partial charge in [-0.3, -0.25) is 4.79 Å². The molecule has 1 amide bonds. The number of nitrogens with one attached hydrogen (secondary N) is 1. The predicted molar refractivity (Wildman–Crippen MR) is 65.0 cm³/mol. The fraction of sp³-hybridized carbons (Fsp3) is 0.333. The van der Waals surface area contributed by atoms with E-state index in [1.807, 2.05) is 0 Å². The molecular formula is C12H16N2O3. The molecule has 1 rings (SSSR count). The van der Waals surface area contributed by atoms with E-state index in [0.29, 0.717) is 5.56 Å². The molecule has 92 valence electrons. The standard InChI is InChI=1S/C12H16N2O3/c1-14(2)11(15)8-13-10-6-4-9(5-7-10)12(16)17-3/h4-7,13H,8H2,1-3H3. The zero-order chi connectivity index (χ0) is 12.8. The van der Waals surface area contributed by atoms with Gasteiger partial charge in [0.15, 0.2) is 0 Å². The second kappa shape index (κ2) is 5.89. The second-order valence-electron chi connectivity index (χ2n) is 3.71. The first-order valence-corrected chi connectivity index (χ1v) is 5.17. The lowest BCUT2D eigenvalue weighted by Crippen LogP contribution is -2.28. The fourth-order valence-electron chi connectivity index (χ4n) is 1.18. The maximum Gasteiger partial charge on any atom is 0.337 e. The van der Waals surface area contributed by atoms with E-state index in [1.165, 1.54) is 12.0 Å². The molecule has 0 unspecified atom stereocenters. The van der Waals surface area contributed by atoms with Crippen molar-refractivity contribution in [3.63, 3.8) is 0 Å². The highest BCUT2D eigenvalue weighted by Crippen LogP contribution is 2.09. The van der Waals surface area contributed by atoms with Crippen LogP contribution in [0.1, 0.15) is 10.4 Å². The maximum atomic E-state index is 11.3.